The Labute approximate surface area is 78.1 Å². The molecular formula is C10H15NO2. The van der Waals surface area contributed by atoms with Gasteiger partial charge in [0.25, 0.3) is 0 Å². The minimum Gasteiger partial charge on any atom is -0.461 e. The fourth-order valence-corrected chi connectivity index (χ4v) is 1.27. The van der Waals surface area contributed by atoms with E-state index in [-0.39, 0.29) is 5.97 Å². The van der Waals surface area contributed by atoms with E-state index in [1.54, 1.807) is 13.1 Å². The lowest BCUT2D eigenvalue weighted by molar-refractivity contribution is 0.0519. The number of nitrogens with one attached hydrogen (secondary N) is 1. The Bertz CT molecular complexity index is 278. The van der Waals surface area contributed by atoms with Crippen molar-refractivity contribution in [2.24, 2.45) is 0 Å². The molecule has 0 amide bonds. The molecule has 1 N–H and O–H groups in total. The van der Waals surface area contributed by atoms with Crippen LogP contribution < -0.4 is 0 Å². The largest absolute Gasteiger partial charge is 0.461 e. The number of hydrogen-bond acceptors (Lipinski definition) is 2. The Morgan fingerprint density at radius 3 is 2.92 bits per heavy atom. The van der Waals surface area contributed by atoms with Gasteiger partial charge in [-0.25, -0.2) is 4.79 Å². The van der Waals surface area contributed by atoms with E-state index >= 15 is 0 Å². The second-order valence-electron chi connectivity index (χ2n) is 2.85. The molecule has 1 rings (SSSR count). The average Bonchev–Trinajstić information content (AvgIpc) is 2.54. The molecule has 13 heavy (non-hydrogen) atoms. The lowest BCUT2D eigenvalue weighted by atomic mass is 10.1. The molecule has 0 aromatic carbocycles. The van der Waals surface area contributed by atoms with E-state index in [0.29, 0.717) is 12.3 Å². The number of hydrogen-bond donors (Lipinski definition) is 1. The predicted octanol–water partition coefficient (Wildman–Crippen LogP) is 2.14. The third kappa shape index (κ3) is 2.34. The zero-order chi connectivity index (χ0) is 9.68. The van der Waals surface area contributed by atoms with Crippen molar-refractivity contribution in [1.82, 2.24) is 4.98 Å². The van der Waals surface area contributed by atoms with Crippen molar-refractivity contribution >= 4 is 5.97 Å². The maximum absolute atomic E-state index is 11.3. The van der Waals surface area contributed by atoms with Crippen molar-refractivity contribution in [3.63, 3.8) is 0 Å². The first-order valence-corrected chi connectivity index (χ1v) is 4.63. The Morgan fingerprint density at radius 2 is 2.31 bits per heavy atom. The first kappa shape index (κ1) is 9.84. The molecule has 0 fully saturated rings. The second kappa shape index (κ2) is 4.70. The molecule has 0 aliphatic carbocycles. The third-order valence-corrected chi connectivity index (χ3v) is 1.83. The van der Waals surface area contributed by atoms with Crippen LogP contribution in [0.1, 0.15) is 36.3 Å². The van der Waals surface area contributed by atoms with Gasteiger partial charge in [0.05, 0.1) is 6.61 Å². The quantitative estimate of drug-likeness (QED) is 0.723. The van der Waals surface area contributed by atoms with Crippen molar-refractivity contribution in [2.45, 2.75) is 26.7 Å². The highest BCUT2D eigenvalue weighted by Gasteiger charge is 2.12. The third-order valence-electron chi connectivity index (χ3n) is 1.83. The van der Waals surface area contributed by atoms with E-state index in [1.165, 1.54) is 0 Å². The fourth-order valence-electron chi connectivity index (χ4n) is 1.27. The average molecular weight is 181 g/mol. The van der Waals surface area contributed by atoms with Crippen molar-refractivity contribution < 1.29 is 9.53 Å². The summed E-state index contributed by atoms with van der Waals surface area (Å²) in [6.45, 7) is 4.31. The zero-order valence-corrected chi connectivity index (χ0v) is 8.09. The highest BCUT2D eigenvalue weighted by Crippen LogP contribution is 2.10. The fraction of sp³-hybridized carbons (Fsp3) is 0.500. The van der Waals surface area contributed by atoms with Gasteiger partial charge < -0.3 is 9.72 Å². The van der Waals surface area contributed by atoms with Crippen molar-refractivity contribution in [3.05, 3.63) is 23.5 Å². The smallest absolute Gasteiger partial charge is 0.355 e. The van der Waals surface area contributed by atoms with Crippen LogP contribution in [0.15, 0.2) is 12.3 Å². The van der Waals surface area contributed by atoms with Gasteiger partial charge >= 0.3 is 5.97 Å². The van der Waals surface area contributed by atoms with Gasteiger partial charge in [-0.2, -0.15) is 0 Å². The molecule has 0 aliphatic rings. The van der Waals surface area contributed by atoms with Gasteiger partial charge in [0, 0.05) is 6.20 Å². The van der Waals surface area contributed by atoms with Crippen LogP contribution in [0.2, 0.25) is 0 Å². The molecule has 3 heteroatoms. The van der Waals surface area contributed by atoms with Crippen molar-refractivity contribution in [1.29, 1.82) is 0 Å². The molecule has 0 unspecified atom stereocenters. The van der Waals surface area contributed by atoms with Crippen molar-refractivity contribution in [2.75, 3.05) is 6.61 Å². The van der Waals surface area contributed by atoms with Gasteiger partial charge in [-0.3, -0.25) is 0 Å². The number of H-pyrrole nitrogens is 1. The number of carbonyl (C=O) groups excluding carboxylic acids is 1. The molecule has 0 bridgehead atoms. The summed E-state index contributed by atoms with van der Waals surface area (Å²) in [5.41, 5.74) is 1.64. The number of rotatable bonds is 4. The summed E-state index contributed by atoms with van der Waals surface area (Å²) in [6.07, 6.45) is 3.72. The molecule has 3 nitrogen and oxygen atoms in total. The van der Waals surface area contributed by atoms with Crippen LogP contribution in [-0.4, -0.2) is 17.6 Å². The summed E-state index contributed by atoms with van der Waals surface area (Å²) in [6, 6.07) is 1.93. The number of ether oxygens (including phenoxy) is 1. The van der Waals surface area contributed by atoms with Crippen molar-refractivity contribution in [3.8, 4) is 0 Å². The van der Waals surface area contributed by atoms with Crippen LogP contribution in [0.4, 0.5) is 0 Å². The molecule has 1 aromatic heterocycles. The Hall–Kier alpha value is -1.25. The SMILES string of the molecule is CCCc1cc[nH]c1C(=O)OCC. The van der Waals surface area contributed by atoms with E-state index in [1.807, 2.05) is 6.07 Å². The molecule has 0 atom stereocenters. The van der Waals surface area contributed by atoms with Gasteiger partial charge in [-0.1, -0.05) is 13.3 Å². The number of carbonyl (C=O) groups is 1. The Kier molecular flexibility index (Phi) is 3.55. The topological polar surface area (TPSA) is 42.1 Å². The summed E-state index contributed by atoms with van der Waals surface area (Å²) in [5, 5.41) is 0. The van der Waals surface area contributed by atoms with E-state index < -0.39 is 0 Å². The van der Waals surface area contributed by atoms with Gasteiger partial charge in [0.2, 0.25) is 0 Å². The summed E-state index contributed by atoms with van der Waals surface area (Å²) in [7, 11) is 0. The monoisotopic (exact) mass is 181 g/mol. The van der Waals surface area contributed by atoms with Crippen LogP contribution in [0.25, 0.3) is 0 Å². The summed E-state index contributed by atoms with van der Waals surface area (Å²) >= 11 is 0. The van der Waals surface area contributed by atoms with Crippen LogP contribution in [-0.2, 0) is 11.2 Å². The van der Waals surface area contributed by atoms with Crippen LogP contribution in [0.5, 0.6) is 0 Å². The highest BCUT2D eigenvalue weighted by molar-refractivity contribution is 5.89. The minimum absolute atomic E-state index is 0.254. The molecule has 1 aromatic rings. The van der Waals surface area contributed by atoms with E-state index in [9.17, 15) is 4.79 Å². The number of aryl methyl sites for hydroxylation is 1. The van der Waals surface area contributed by atoms with Gasteiger partial charge in [0.15, 0.2) is 0 Å². The van der Waals surface area contributed by atoms with Crippen LogP contribution >= 0.6 is 0 Å². The molecule has 0 radical (unpaired) electrons. The van der Waals surface area contributed by atoms with E-state index in [4.69, 9.17) is 4.74 Å². The molecule has 1 heterocycles. The first-order valence-electron chi connectivity index (χ1n) is 4.63. The normalized spacial score (nSPS) is 10.0. The molecule has 72 valence electrons. The lowest BCUT2D eigenvalue weighted by Gasteiger charge is -2.01. The standard InChI is InChI=1S/C10H15NO2/c1-3-5-8-6-7-11-9(8)10(12)13-4-2/h6-7,11H,3-5H2,1-2H3. The number of esters is 1. The first-order chi connectivity index (χ1) is 6.29. The molecule has 0 saturated heterocycles. The zero-order valence-electron chi connectivity index (χ0n) is 8.09. The number of aromatic amines is 1. The predicted molar refractivity (Wildman–Crippen MR) is 50.7 cm³/mol. The minimum atomic E-state index is -0.254. The summed E-state index contributed by atoms with van der Waals surface area (Å²) in [4.78, 5) is 14.2. The van der Waals surface area contributed by atoms with Gasteiger partial charge in [0.1, 0.15) is 5.69 Å². The maximum atomic E-state index is 11.3. The van der Waals surface area contributed by atoms with Crippen LogP contribution in [0, 0.1) is 0 Å². The molecule has 0 spiro atoms. The Balaban J connectivity index is 2.74. The van der Waals surface area contributed by atoms with Gasteiger partial charge in [-0.05, 0) is 25.0 Å². The summed E-state index contributed by atoms with van der Waals surface area (Å²) in [5.74, 6) is -0.254. The van der Waals surface area contributed by atoms with Gasteiger partial charge in [-0.15, -0.1) is 0 Å². The van der Waals surface area contributed by atoms with E-state index in [2.05, 4.69) is 11.9 Å². The summed E-state index contributed by atoms with van der Waals surface area (Å²) < 4.78 is 4.90. The second-order valence-corrected chi connectivity index (χ2v) is 2.85. The van der Waals surface area contributed by atoms with Crippen LogP contribution in [0.3, 0.4) is 0 Å². The lowest BCUT2D eigenvalue weighted by Crippen LogP contribution is -2.07. The van der Waals surface area contributed by atoms with E-state index in [0.717, 1.165) is 18.4 Å². The Morgan fingerprint density at radius 1 is 1.54 bits per heavy atom. The highest BCUT2D eigenvalue weighted by atomic mass is 16.5. The maximum Gasteiger partial charge on any atom is 0.355 e. The molecule has 0 aliphatic heterocycles. The molecular weight excluding hydrogens is 166 g/mol. The number of aromatic nitrogens is 1. The molecule has 0 saturated carbocycles.